The summed E-state index contributed by atoms with van der Waals surface area (Å²) >= 11 is 0. The molecule has 0 N–H and O–H groups in total. The van der Waals surface area contributed by atoms with E-state index < -0.39 is 0 Å². The van der Waals surface area contributed by atoms with Gasteiger partial charge < -0.3 is 4.79 Å². The summed E-state index contributed by atoms with van der Waals surface area (Å²) in [5.41, 5.74) is 2.18. The first-order chi connectivity index (χ1) is 7.35. The standard InChI is InChI=1S/C14H12O/c1-2-12-4-3-5-13-10-11(8-9-15)6-7-14(12)13/h2-7,9-10H,1,8H2. The van der Waals surface area contributed by atoms with Crippen LogP contribution < -0.4 is 0 Å². The number of carbonyl (C=O) groups is 1. The van der Waals surface area contributed by atoms with Crippen molar-refractivity contribution < 1.29 is 4.79 Å². The third kappa shape index (κ3) is 1.82. The number of aldehydes is 1. The van der Waals surface area contributed by atoms with E-state index in [4.69, 9.17) is 0 Å². The number of rotatable bonds is 3. The Hall–Kier alpha value is -1.89. The Balaban J connectivity index is 2.63. The first kappa shape index (κ1) is 9.66. The van der Waals surface area contributed by atoms with E-state index in [1.807, 2.05) is 30.3 Å². The van der Waals surface area contributed by atoms with Crippen molar-refractivity contribution >= 4 is 23.1 Å². The molecule has 74 valence electrons. The van der Waals surface area contributed by atoms with Crippen molar-refractivity contribution in [2.75, 3.05) is 0 Å². The molecule has 0 radical (unpaired) electrons. The molecule has 0 fully saturated rings. The average Bonchev–Trinajstić information content (AvgIpc) is 2.28. The van der Waals surface area contributed by atoms with Gasteiger partial charge in [0.15, 0.2) is 0 Å². The Kier molecular flexibility index (Phi) is 2.64. The van der Waals surface area contributed by atoms with Gasteiger partial charge in [0.05, 0.1) is 0 Å². The lowest BCUT2D eigenvalue weighted by Gasteiger charge is -2.03. The van der Waals surface area contributed by atoms with Gasteiger partial charge in [-0.3, -0.25) is 0 Å². The summed E-state index contributed by atoms with van der Waals surface area (Å²) in [4.78, 5) is 10.4. The molecule has 2 aromatic carbocycles. The third-order valence-electron chi connectivity index (χ3n) is 2.52. The third-order valence-corrected chi connectivity index (χ3v) is 2.52. The molecule has 0 atom stereocenters. The van der Waals surface area contributed by atoms with Crippen LogP contribution >= 0.6 is 0 Å². The molecule has 0 aromatic heterocycles. The highest BCUT2D eigenvalue weighted by molar-refractivity contribution is 5.91. The summed E-state index contributed by atoms with van der Waals surface area (Å²) in [7, 11) is 0. The van der Waals surface area contributed by atoms with Crippen LogP contribution in [0.5, 0.6) is 0 Å². The van der Waals surface area contributed by atoms with Crippen molar-refractivity contribution in [3.05, 3.63) is 54.1 Å². The smallest absolute Gasteiger partial charge is 0.124 e. The molecule has 0 heterocycles. The molecule has 0 saturated carbocycles. The number of benzene rings is 2. The lowest BCUT2D eigenvalue weighted by atomic mass is 10.0. The molecule has 0 aliphatic heterocycles. The Labute approximate surface area is 89.0 Å². The molecule has 0 aliphatic rings. The van der Waals surface area contributed by atoms with E-state index in [0.29, 0.717) is 6.42 Å². The fraction of sp³-hybridized carbons (Fsp3) is 0.0714. The van der Waals surface area contributed by atoms with Crippen molar-refractivity contribution in [1.29, 1.82) is 0 Å². The highest BCUT2D eigenvalue weighted by atomic mass is 16.1. The van der Waals surface area contributed by atoms with Gasteiger partial charge in [-0.1, -0.05) is 49.1 Å². The molecule has 0 spiro atoms. The predicted octanol–water partition coefficient (Wildman–Crippen LogP) is 3.22. The first-order valence-corrected chi connectivity index (χ1v) is 4.93. The highest BCUT2D eigenvalue weighted by Gasteiger charge is 1.98. The fourth-order valence-corrected chi connectivity index (χ4v) is 1.76. The molecule has 15 heavy (non-hydrogen) atoms. The Morgan fingerprint density at radius 1 is 1.20 bits per heavy atom. The monoisotopic (exact) mass is 196 g/mol. The summed E-state index contributed by atoms with van der Waals surface area (Å²) in [6.45, 7) is 3.78. The molecule has 2 aromatic rings. The quantitative estimate of drug-likeness (QED) is 0.689. The number of carbonyl (C=O) groups excluding carboxylic acids is 1. The Morgan fingerprint density at radius 2 is 2.07 bits per heavy atom. The largest absolute Gasteiger partial charge is 0.303 e. The topological polar surface area (TPSA) is 17.1 Å². The second-order valence-electron chi connectivity index (χ2n) is 3.48. The zero-order valence-electron chi connectivity index (χ0n) is 8.44. The van der Waals surface area contributed by atoms with E-state index in [0.717, 1.165) is 22.8 Å². The van der Waals surface area contributed by atoms with Crippen LogP contribution in [0.25, 0.3) is 16.8 Å². The molecule has 0 aliphatic carbocycles. The maximum absolute atomic E-state index is 10.4. The maximum Gasteiger partial charge on any atom is 0.124 e. The van der Waals surface area contributed by atoms with Gasteiger partial charge in [-0.05, 0) is 21.9 Å². The zero-order chi connectivity index (χ0) is 10.7. The van der Waals surface area contributed by atoms with Crippen molar-refractivity contribution in [1.82, 2.24) is 0 Å². The normalized spacial score (nSPS) is 10.1. The lowest BCUT2D eigenvalue weighted by Crippen LogP contribution is -1.86. The molecule has 2 rings (SSSR count). The van der Waals surface area contributed by atoms with E-state index in [1.165, 1.54) is 5.39 Å². The number of hydrogen-bond acceptors (Lipinski definition) is 1. The second kappa shape index (κ2) is 4.09. The van der Waals surface area contributed by atoms with E-state index >= 15 is 0 Å². The molecule has 1 heteroatoms. The SMILES string of the molecule is C=Cc1cccc2cc(CC=O)ccc12. The number of hydrogen-bond donors (Lipinski definition) is 0. The molecular weight excluding hydrogens is 184 g/mol. The maximum atomic E-state index is 10.4. The van der Waals surface area contributed by atoms with Crippen LogP contribution in [0, 0.1) is 0 Å². The first-order valence-electron chi connectivity index (χ1n) is 4.93. The van der Waals surface area contributed by atoms with Crippen LogP contribution in [0.1, 0.15) is 11.1 Å². The zero-order valence-corrected chi connectivity index (χ0v) is 8.44. The Morgan fingerprint density at radius 3 is 2.80 bits per heavy atom. The van der Waals surface area contributed by atoms with Gasteiger partial charge in [0.2, 0.25) is 0 Å². The van der Waals surface area contributed by atoms with Crippen molar-refractivity contribution in [2.24, 2.45) is 0 Å². The van der Waals surface area contributed by atoms with Gasteiger partial charge in [-0.25, -0.2) is 0 Å². The molecular formula is C14H12O. The van der Waals surface area contributed by atoms with E-state index in [-0.39, 0.29) is 0 Å². The molecule has 1 nitrogen and oxygen atoms in total. The minimum atomic E-state index is 0.480. The van der Waals surface area contributed by atoms with Crippen molar-refractivity contribution in [3.63, 3.8) is 0 Å². The van der Waals surface area contributed by atoms with Gasteiger partial charge in [0, 0.05) is 6.42 Å². The minimum absolute atomic E-state index is 0.480. The average molecular weight is 196 g/mol. The van der Waals surface area contributed by atoms with Gasteiger partial charge in [-0.2, -0.15) is 0 Å². The van der Waals surface area contributed by atoms with Gasteiger partial charge in [0.1, 0.15) is 6.29 Å². The van der Waals surface area contributed by atoms with E-state index in [1.54, 1.807) is 0 Å². The van der Waals surface area contributed by atoms with E-state index in [9.17, 15) is 4.79 Å². The van der Waals surface area contributed by atoms with Crippen LogP contribution in [0.2, 0.25) is 0 Å². The van der Waals surface area contributed by atoms with Crippen molar-refractivity contribution in [2.45, 2.75) is 6.42 Å². The lowest BCUT2D eigenvalue weighted by molar-refractivity contribution is -0.107. The van der Waals surface area contributed by atoms with Crippen LogP contribution in [-0.4, -0.2) is 6.29 Å². The van der Waals surface area contributed by atoms with Gasteiger partial charge in [-0.15, -0.1) is 0 Å². The number of fused-ring (bicyclic) bond motifs is 1. The second-order valence-corrected chi connectivity index (χ2v) is 3.48. The van der Waals surface area contributed by atoms with Gasteiger partial charge >= 0.3 is 0 Å². The van der Waals surface area contributed by atoms with Crippen molar-refractivity contribution in [3.8, 4) is 0 Å². The molecule has 0 unspecified atom stereocenters. The predicted molar refractivity (Wildman–Crippen MR) is 63.8 cm³/mol. The summed E-state index contributed by atoms with van der Waals surface area (Å²) in [6.07, 6.45) is 3.26. The van der Waals surface area contributed by atoms with Crippen LogP contribution in [-0.2, 0) is 11.2 Å². The molecule has 0 amide bonds. The van der Waals surface area contributed by atoms with Crippen LogP contribution in [0.4, 0.5) is 0 Å². The summed E-state index contributed by atoms with van der Waals surface area (Å²) in [5, 5.41) is 2.34. The molecule has 0 bridgehead atoms. The minimum Gasteiger partial charge on any atom is -0.303 e. The highest BCUT2D eigenvalue weighted by Crippen LogP contribution is 2.21. The fourth-order valence-electron chi connectivity index (χ4n) is 1.76. The summed E-state index contributed by atoms with van der Waals surface area (Å²) < 4.78 is 0. The van der Waals surface area contributed by atoms with Crippen LogP contribution in [0.3, 0.4) is 0 Å². The summed E-state index contributed by atoms with van der Waals surface area (Å²) in [6, 6.07) is 12.2. The molecule has 0 saturated heterocycles. The Bertz CT molecular complexity index is 512. The summed E-state index contributed by atoms with van der Waals surface area (Å²) in [5.74, 6) is 0. The van der Waals surface area contributed by atoms with E-state index in [2.05, 4.69) is 18.7 Å². The van der Waals surface area contributed by atoms with Crippen LogP contribution in [0.15, 0.2) is 43.0 Å². The van der Waals surface area contributed by atoms with Gasteiger partial charge in [0.25, 0.3) is 0 Å².